The first-order valence-electron chi connectivity index (χ1n) is 6.42. The third-order valence-corrected chi connectivity index (χ3v) is 3.26. The molecule has 0 amide bonds. The van der Waals surface area contributed by atoms with E-state index in [4.69, 9.17) is 0 Å². The molecule has 0 aromatic carbocycles. The number of H-pyrrole nitrogens is 1. The van der Waals surface area contributed by atoms with E-state index in [9.17, 15) is 4.79 Å². The van der Waals surface area contributed by atoms with Crippen molar-refractivity contribution < 1.29 is 0 Å². The maximum Gasteiger partial charge on any atom is 0.254 e. The van der Waals surface area contributed by atoms with E-state index >= 15 is 0 Å². The number of aromatic nitrogens is 2. The Kier molecular flexibility index (Phi) is 3.75. The minimum Gasteiger partial charge on any atom is -0.310 e. The van der Waals surface area contributed by atoms with Crippen molar-refractivity contribution in [3.63, 3.8) is 0 Å². The maximum absolute atomic E-state index is 11.9. The molecule has 0 unspecified atom stereocenters. The van der Waals surface area contributed by atoms with Gasteiger partial charge in [-0.1, -0.05) is 19.8 Å². The Morgan fingerprint density at radius 3 is 2.88 bits per heavy atom. The first kappa shape index (κ1) is 11.4. The summed E-state index contributed by atoms with van der Waals surface area (Å²) in [7, 11) is 0. The highest BCUT2D eigenvalue weighted by molar-refractivity contribution is 5.19. The standard InChI is InChI=1S/C13H20N2O/c1-2-3-9-12-14-11-8-6-4-5-7-10(11)13(16)15-12/h2-9H2,1H3,(H,14,15,16). The van der Waals surface area contributed by atoms with Crippen LogP contribution < -0.4 is 5.56 Å². The van der Waals surface area contributed by atoms with Gasteiger partial charge in [0.15, 0.2) is 0 Å². The van der Waals surface area contributed by atoms with Gasteiger partial charge in [-0.2, -0.15) is 0 Å². The normalized spacial score (nSPS) is 15.6. The van der Waals surface area contributed by atoms with Crippen LogP contribution in [0, 0.1) is 0 Å². The number of hydrogen-bond acceptors (Lipinski definition) is 2. The number of nitrogens with zero attached hydrogens (tertiary/aromatic N) is 1. The van der Waals surface area contributed by atoms with Gasteiger partial charge in [0, 0.05) is 12.0 Å². The lowest BCUT2D eigenvalue weighted by Gasteiger charge is -2.06. The van der Waals surface area contributed by atoms with Crippen molar-refractivity contribution in [1.82, 2.24) is 9.97 Å². The summed E-state index contributed by atoms with van der Waals surface area (Å²) in [6.45, 7) is 2.15. The van der Waals surface area contributed by atoms with Crippen LogP contribution in [0.25, 0.3) is 0 Å². The first-order valence-corrected chi connectivity index (χ1v) is 6.42. The number of unbranched alkanes of at least 4 members (excludes halogenated alkanes) is 1. The van der Waals surface area contributed by atoms with Crippen LogP contribution in [0.2, 0.25) is 0 Å². The predicted molar refractivity (Wildman–Crippen MR) is 64.7 cm³/mol. The Balaban J connectivity index is 2.28. The van der Waals surface area contributed by atoms with Crippen LogP contribution in [-0.4, -0.2) is 9.97 Å². The summed E-state index contributed by atoms with van der Waals surface area (Å²) < 4.78 is 0. The van der Waals surface area contributed by atoms with Crippen molar-refractivity contribution in [2.75, 3.05) is 0 Å². The monoisotopic (exact) mass is 220 g/mol. The Morgan fingerprint density at radius 2 is 2.06 bits per heavy atom. The topological polar surface area (TPSA) is 45.8 Å². The highest BCUT2D eigenvalue weighted by Gasteiger charge is 2.13. The van der Waals surface area contributed by atoms with E-state index in [2.05, 4.69) is 16.9 Å². The van der Waals surface area contributed by atoms with Crippen LogP contribution >= 0.6 is 0 Å². The van der Waals surface area contributed by atoms with Crippen molar-refractivity contribution in [1.29, 1.82) is 0 Å². The third kappa shape index (κ3) is 2.52. The van der Waals surface area contributed by atoms with Gasteiger partial charge in [-0.05, 0) is 32.1 Å². The molecule has 0 radical (unpaired) electrons. The van der Waals surface area contributed by atoms with Crippen LogP contribution in [-0.2, 0) is 19.3 Å². The first-order chi connectivity index (χ1) is 7.81. The van der Waals surface area contributed by atoms with Crippen molar-refractivity contribution >= 4 is 0 Å². The minimum atomic E-state index is 0.109. The summed E-state index contributed by atoms with van der Waals surface area (Å²) in [6, 6.07) is 0. The molecular weight excluding hydrogens is 200 g/mol. The van der Waals surface area contributed by atoms with Gasteiger partial charge in [0.25, 0.3) is 5.56 Å². The van der Waals surface area contributed by atoms with Gasteiger partial charge in [0.1, 0.15) is 5.82 Å². The van der Waals surface area contributed by atoms with Gasteiger partial charge < -0.3 is 4.98 Å². The Morgan fingerprint density at radius 1 is 1.25 bits per heavy atom. The molecule has 16 heavy (non-hydrogen) atoms. The van der Waals surface area contributed by atoms with Gasteiger partial charge in [-0.15, -0.1) is 0 Å². The highest BCUT2D eigenvalue weighted by atomic mass is 16.1. The van der Waals surface area contributed by atoms with E-state index in [1.807, 2.05) is 0 Å². The van der Waals surface area contributed by atoms with Crippen molar-refractivity contribution in [2.45, 2.75) is 58.3 Å². The largest absolute Gasteiger partial charge is 0.310 e. The lowest BCUT2D eigenvalue weighted by Crippen LogP contribution is -2.19. The fourth-order valence-electron chi connectivity index (χ4n) is 2.29. The molecule has 1 aliphatic rings. The molecule has 1 heterocycles. The van der Waals surface area contributed by atoms with E-state index in [1.165, 1.54) is 12.8 Å². The fourth-order valence-corrected chi connectivity index (χ4v) is 2.29. The SMILES string of the molecule is CCCCc1nc2c(c(=O)[nH]1)CCCCC2. The van der Waals surface area contributed by atoms with Crippen LogP contribution in [0.1, 0.15) is 56.1 Å². The number of hydrogen-bond donors (Lipinski definition) is 1. The van der Waals surface area contributed by atoms with Gasteiger partial charge in [-0.25, -0.2) is 4.98 Å². The molecule has 0 saturated heterocycles. The molecule has 3 nitrogen and oxygen atoms in total. The summed E-state index contributed by atoms with van der Waals surface area (Å²) in [6.07, 6.45) is 8.56. The molecule has 0 atom stereocenters. The van der Waals surface area contributed by atoms with Crippen molar-refractivity contribution in [3.8, 4) is 0 Å². The van der Waals surface area contributed by atoms with Crippen LogP contribution in [0.4, 0.5) is 0 Å². The molecule has 1 aliphatic carbocycles. The highest BCUT2D eigenvalue weighted by Crippen LogP contribution is 2.15. The second-order valence-corrected chi connectivity index (χ2v) is 4.60. The molecule has 3 heteroatoms. The number of fused-ring (bicyclic) bond motifs is 1. The van der Waals surface area contributed by atoms with E-state index < -0.39 is 0 Å². The maximum atomic E-state index is 11.9. The zero-order valence-electron chi connectivity index (χ0n) is 10.0. The molecule has 0 bridgehead atoms. The van der Waals surface area contributed by atoms with Gasteiger partial charge in [0.2, 0.25) is 0 Å². The second-order valence-electron chi connectivity index (χ2n) is 4.60. The molecule has 0 saturated carbocycles. The van der Waals surface area contributed by atoms with Crippen molar-refractivity contribution in [3.05, 3.63) is 27.4 Å². The van der Waals surface area contributed by atoms with Crippen LogP contribution in [0.15, 0.2) is 4.79 Å². The molecule has 0 spiro atoms. The number of aryl methyl sites for hydroxylation is 2. The van der Waals surface area contributed by atoms with E-state index in [-0.39, 0.29) is 5.56 Å². The Labute approximate surface area is 96.3 Å². The quantitative estimate of drug-likeness (QED) is 0.795. The van der Waals surface area contributed by atoms with E-state index in [0.29, 0.717) is 0 Å². The third-order valence-electron chi connectivity index (χ3n) is 3.26. The minimum absolute atomic E-state index is 0.109. The summed E-state index contributed by atoms with van der Waals surface area (Å²) >= 11 is 0. The summed E-state index contributed by atoms with van der Waals surface area (Å²) in [5.41, 5.74) is 2.11. The van der Waals surface area contributed by atoms with Crippen LogP contribution in [0.3, 0.4) is 0 Å². The average Bonchev–Trinajstić information content (AvgIpc) is 2.51. The average molecular weight is 220 g/mol. The van der Waals surface area contributed by atoms with Gasteiger partial charge in [0.05, 0.1) is 5.69 Å². The Bertz CT molecular complexity index is 409. The molecule has 2 rings (SSSR count). The fraction of sp³-hybridized carbons (Fsp3) is 0.692. The smallest absolute Gasteiger partial charge is 0.254 e. The van der Waals surface area contributed by atoms with E-state index in [1.54, 1.807) is 0 Å². The van der Waals surface area contributed by atoms with Crippen molar-refractivity contribution in [2.24, 2.45) is 0 Å². The molecule has 1 N–H and O–H groups in total. The molecule has 1 aromatic rings. The van der Waals surface area contributed by atoms with E-state index in [0.717, 1.165) is 55.6 Å². The van der Waals surface area contributed by atoms with Gasteiger partial charge in [-0.3, -0.25) is 4.79 Å². The molecule has 0 fully saturated rings. The predicted octanol–water partition coefficient (Wildman–Crippen LogP) is 2.38. The summed E-state index contributed by atoms with van der Waals surface area (Å²) in [5.74, 6) is 0.882. The lowest BCUT2D eigenvalue weighted by atomic mass is 10.1. The number of aromatic amines is 1. The molecular formula is C13H20N2O. The lowest BCUT2D eigenvalue weighted by molar-refractivity contribution is 0.705. The second kappa shape index (κ2) is 5.28. The number of nitrogens with one attached hydrogen (secondary N) is 1. The molecule has 0 aliphatic heterocycles. The molecule has 88 valence electrons. The number of rotatable bonds is 3. The zero-order valence-corrected chi connectivity index (χ0v) is 10.0. The Hall–Kier alpha value is -1.12. The van der Waals surface area contributed by atoms with Gasteiger partial charge >= 0.3 is 0 Å². The molecule has 1 aromatic heterocycles. The summed E-state index contributed by atoms with van der Waals surface area (Å²) in [5, 5.41) is 0. The van der Waals surface area contributed by atoms with Crippen LogP contribution in [0.5, 0.6) is 0 Å². The zero-order chi connectivity index (χ0) is 11.4. The summed E-state index contributed by atoms with van der Waals surface area (Å²) in [4.78, 5) is 19.5.